The van der Waals surface area contributed by atoms with E-state index in [0.29, 0.717) is 38.5 Å². The average molecular weight is 1150 g/mol. The number of unbranched alkanes of at least 4 members (excludes halogenated alkanes) is 6. The summed E-state index contributed by atoms with van der Waals surface area (Å²) in [5.74, 6) is -6.69. The van der Waals surface area contributed by atoms with E-state index in [1.54, 1.807) is 0 Å². The van der Waals surface area contributed by atoms with Crippen molar-refractivity contribution < 1.29 is 112 Å². The standard InChI is InChI=1S/6C8H16O2.2Mo.2H3N.4O/c6*1-3-5-6-7(4-2)8(9)10;;;;;;;;/h6*7H,3-6H2,1-2H3,(H,9,10);;;2*1H3;;;;/q;;;;;;;;;;;;2*-1/p-4. The van der Waals surface area contributed by atoms with Crippen molar-refractivity contribution in [3.63, 3.8) is 0 Å². The molecule has 0 amide bonds. The van der Waals surface area contributed by atoms with Crippen LogP contribution >= 0.6 is 0 Å². The second kappa shape index (κ2) is 64.6. The molecule has 0 aliphatic heterocycles. The molecule has 0 bridgehead atoms. The van der Waals surface area contributed by atoms with Crippen molar-refractivity contribution in [2.24, 2.45) is 35.5 Å². The average Bonchev–Trinajstić information content (AvgIpc) is 3.22. The van der Waals surface area contributed by atoms with Gasteiger partial charge < -0.3 is 71.7 Å². The first-order chi connectivity index (χ1) is 30.3. The van der Waals surface area contributed by atoms with Gasteiger partial charge in [0.05, 0.1) is 0 Å². The third kappa shape index (κ3) is 75.2. The molecule has 68 heavy (non-hydrogen) atoms. The van der Waals surface area contributed by atoms with Crippen LogP contribution in [0.1, 0.15) is 237 Å². The van der Waals surface area contributed by atoms with E-state index in [0.717, 1.165) is 116 Å². The molecule has 0 radical (unpaired) electrons. The number of carboxylic acids is 6. The van der Waals surface area contributed by atoms with Crippen LogP contribution < -0.4 is 50.5 Å². The first kappa shape index (κ1) is 88.6. The van der Waals surface area contributed by atoms with Gasteiger partial charge in [-0.15, -0.1) is 0 Å². The summed E-state index contributed by atoms with van der Waals surface area (Å²) in [5.41, 5.74) is 0. The topological polar surface area (TPSA) is 394 Å². The third-order valence-electron chi connectivity index (χ3n) is 10.4. The molecule has 0 fully saturated rings. The summed E-state index contributed by atoms with van der Waals surface area (Å²) in [5, 5.41) is 62.0. The zero-order valence-electron chi connectivity index (χ0n) is 44.8. The first-order valence-corrected chi connectivity index (χ1v) is 27.5. The summed E-state index contributed by atoms with van der Waals surface area (Å²) in [6.45, 7) is 23.7. The van der Waals surface area contributed by atoms with Gasteiger partial charge in [0, 0.05) is 56.9 Å². The van der Waals surface area contributed by atoms with Gasteiger partial charge in [0.15, 0.2) is 0 Å². The predicted octanol–water partition coefficient (Wildman–Crippen LogP) is 3.85. The normalized spacial score (nSPS) is 12.3. The van der Waals surface area contributed by atoms with Crippen molar-refractivity contribution >= 4 is 35.8 Å². The molecule has 0 aromatic carbocycles. The summed E-state index contributed by atoms with van der Waals surface area (Å²) < 4.78 is 34.5. The zero-order valence-corrected chi connectivity index (χ0v) is 48.8. The number of rotatable bonds is 30. The number of quaternary nitrogens is 2. The molecule has 18 nitrogen and oxygen atoms in total. The Balaban J connectivity index is -0.0000000721. The van der Waals surface area contributed by atoms with E-state index in [-0.39, 0.29) is 68.9 Å². The van der Waals surface area contributed by atoms with Crippen LogP contribution in [0.2, 0.25) is 0 Å². The number of hydrogen-bond donors (Lipinski definition) is 2. The van der Waals surface area contributed by atoms with Gasteiger partial charge in [0.2, 0.25) is 0 Å². The number of carbonyl (C=O) groups excluding carboxylic acids is 6. The van der Waals surface area contributed by atoms with Gasteiger partial charge in [0.25, 0.3) is 0 Å². The number of aliphatic carboxylic acids is 6. The SMILES string of the molecule is CCCCC(CC)C(=O)[O-].CCCCC(CC)C(=O)[O-].CCCCC(CC)C(=O)[O-].CCCCC(CC)C(=O)[O-].CCCCC(CC)C(=O)[O-].CCCCC(CC)C(=O)[O-].[Mo].[NH4+].[NH4+].[O]=[Mo](=[O])([O-])[O-]. The monoisotopic (exact) mass is 1150 g/mol. The fourth-order valence-corrected chi connectivity index (χ4v) is 5.63. The van der Waals surface area contributed by atoms with Gasteiger partial charge in [-0.1, -0.05) is 160 Å². The molecule has 0 aromatic rings. The second-order valence-corrected chi connectivity index (χ2v) is 17.8. The number of hydrogen-bond acceptors (Lipinski definition) is 16. The van der Waals surface area contributed by atoms with E-state index in [4.69, 9.17) is 14.3 Å². The molecule has 6 atom stereocenters. The van der Waals surface area contributed by atoms with Crippen LogP contribution in [-0.4, -0.2) is 35.8 Å². The van der Waals surface area contributed by atoms with Crippen molar-refractivity contribution in [1.29, 1.82) is 0 Å². The molecule has 6 unspecified atom stereocenters. The van der Waals surface area contributed by atoms with E-state index in [9.17, 15) is 59.4 Å². The summed E-state index contributed by atoms with van der Waals surface area (Å²) in [4.78, 5) is 62.0. The van der Waals surface area contributed by atoms with Crippen molar-refractivity contribution in [3.8, 4) is 0 Å². The molecule has 0 rings (SSSR count). The van der Waals surface area contributed by atoms with E-state index >= 15 is 0 Å². The summed E-state index contributed by atoms with van der Waals surface area (Å²) >= 11 is -6.02. The Kier molecular flexibility index (Phi) is 84.2. The van der Waals surface area contributed by atoms with Gasteiger partial charge in [-0.2, -0.15) is 0 Å². The van der Waals surface area contributed by atoms with Crippen LogP contribution in [0.25, 0.3) is 0 Å². The molecule has 0 spiro atoms. The van der Waals surface area contributed by atoms with Crippen LogP contribution in [0.3, 0.4) is 0 Å². The maximum absolute atomic E-state index is 10.3. The first-order valence-electron chi connectivity index (χ1n) is 24.2. The van der Waals surface area contributed by atoms with Crippen LogP contribution in [0.5, 0.6) is 0 Å². The quantitative estimate of drug-likeness (QED) is 0.0965. The van der Waals surface area contributed by atoms with Crippen molar-refractivity contribution in [1.82, 2.24) is 12.3 Å². The van der Waals surface area contributed by atoms with Crippen LogP contribution in [-0.2, 0) is 73.4 Å². The Bertz CT molecular complexity index is 1030. The minimum absolute atomic E-state index is 0. The summed E-state index contributed by atoms with van der Waals surface area (Å²) in [6.07, 6.45) is 21.1. The molecule has 20 heteroatoms. The summed E-state index contributed by atoms with van der Waals surface area (Å²) in [6, 6.07) is 0. The van der Waals surface area contributed by atoms with E-state index < -0.39 is 52.6 Å². The molecule has 0 aliphatic carbocycles. The zero-order chi connectivity index (χ0) is 52.4. The van der Waals surface area contributed by atoms with E-state index in [1.807, 2.05) is 41.5 Å². The van der Waals surface area contributed by atoms with Crippen LogP contribution in [0.4, 0.5) is 0 Å². The number of carboxylic acid groups (broad SMARTS) is 6. The summed E-state index contributed by atoms with van der Waals surface area (Å²) in [7, 11) is 0. The van der Waals surface area contributed by atoms with Crippen LogP contribution in [0.15, 0.2) is 0 Å². The predicted molar refractivity (Wildman–Crippen MR) is 243 cm³/mol. The molecule has 0 heterocycles. The molecular formula is C48H98Mo2N2O16-6. The number of carbonyl (C=O) groups is 6. The van der Waals surface area contributed by atoms with Crippen molar-refractivity contribution in [2.45, 2.75) is 237 Å². The van der Waals surface area contributed by atoms with Gasteiger partial charge >= 0.3 is 31.1 Å². The van der Waals surface area contributed by atoms with E-state index in [1.165, 1.54) is 0 Å². The van der Waals surface area contributed by atoms with Gasteiger partial charge in [-0.25, -0.2) is 0 Å². The molecular weight excluding hydrogens is 1050 g/mol. The van der Waals surface area contributed by atoms with Crippen molar-refractivity contribution in [2.75, 3.05) is 0 Å². The Morgan fingerprint density at radius 2 is 0.397 bits per heavy atom. The Morgan fingerprint density at radius 3 is 0.441 bits per heavy atom. The second-order valence-electron chi connectivity index (χ2n) is 15.8. The van der Waals surface area contributed by atoms with Gasteiger partial charge in [0.1, 0.15) is 0 Å². The Hall–Kier alpha value is -2.36. The minimum atomic E-state index is -6.02. The molecule has 414 valence electrons. The fraction of sp³-hybridized carbons (Fsp3) is 0.875. The molecule has 0 saturated heterocycles. The molecule has 8 N–H and O–H groups in total. The van der Waals surface area contributed by atoms with Gasteiger partial charge in [-0.3, -0.25) is 0 Å². The maximum atomic E-state index is 10.3. The Morgan fingerprint density at radius 1 is 0.309 bits per heavy atom. The fourth-order valence-electron chi connectivity index (χ4n) is 5.63. The van der Waals surface area contributed by atoms with Crippen LogP contribution in [0, 0.1) is 35.5 Å². The van der Waals surface area contributed by atoms with Gasteiger partial charge in [-0.05, 0) is 113 Å². The molecule has 0 saturated carbocycles. The Labute approximate surface area is 430 Å². The third-order valence-corrected chi connectivity index (χ3v) is 10.4. The van der Waals surface area contributed by atoms with E-state index in [2.05, 4.69) is 41.5 Å². The van der Waals surface area contributed by atoms with Crippen molar-refractivity contribution in [3.05, 3.63) is 0 Å². The molecule has 0 aromatic heterocycles. The molecule has 0 aliphatic rings.